The molecule has 17 heavy (non-hydrogen) atoms. The SMILES string of the molecule is CCOC(=O)c1c(O)cc(C2CC2)c(C)c1C. The van der Waals surface area contributed by atoms with Crippen LogP contribution in [0.3, 0.4) is 0 Å². The molecule has 1 saturated carbocycles. The van der Waals surface area contributed by atoms with Crippen LogP contribution in [0.25, 0.3) is 0 Å². The largest absolute Gasteiger partial charge is 0.507 e. The van der Waals surface area contributed by atoms with E-state index in [0.29, 0.717) is 18.1 Å². The van der Waals surface area contributed by atoms with Crippen LogP contribution < -0.4 is 0 Å². The highest BCUT2D eigenvalue weighted by Gasteiger charge is 2.28. The van der Waals surface area contributed by atoms with Crippen LogP contribution in [-0.4, -0.2) is 17.7 Å². The molecule has 0 spiro atoms. The monoisotopic (exact) mass is 234 g/mol. The van der Waals surface area contributed by atoms with Gasteiger partial charge in [0.25, 0.3) is 0 Å². The topological polar surface area (TPSA) is 46.5 Å². The molecule has 2 rings (SSSR count). The summed E-state index contributed by atoms with van der Waals surface area (Å²) in [5, 5.41) is 9.97. The number of esters is 1. The maximum atomic E-state index is 11.8. The summed E-state index contributed by atoms with van der Waals surface area (Å²) in [6.07, 6.45) is 2.36. The number of phenolic OH excluding ortho intramolecular Hbond substituents is 1. The smallest absolute Gasteiger partial charge is 0.342 e. The fraction of sp³-hybridized carbons (Fsp3) is 0.500. The van der Waals surface area contributed by atoms with Crippen molar-refractivity contribution in [1.29, 1.82) is 0 Å². The molecular formula is C14H18O3. The van der Waals surface area contributed by atoms with E-state index in [1.807, 2.05) is 13.8 Å². The standard InChI is InChI=1S/C14H18O3/c1-4-17-14(16)13-9(3)8(2)11(7-12(13)15)10-5-6-10/h7,10,15H,4-6H2,1-3H3. The van der Waals surface area contributed by atoms with Gasteiger partial charge in [0.2, 0.25) is 0 Å². The second-order valence-corrected chi connectivity index (χ2v) is 4.60. The quantitative estimate of drug-likeness (QED) is 0.817. The van der Waals surface area contributed by atoms with Crippen molar-refractivity contribution in [2.45, 2.75) is 39.5 Å². The van der Waals surface area contributed by atoms with Gasteiger partial charge in [0.15, 0.2) is 0 Å². The van der Waals surface area contributed by atoms with Gasteiger partial charge < -0.3 is 9.84 Å². The number of benzene rings is 1. The Labute approximate surface area is 101 Å². The molecule has 0 radical (unpaired) electrons. The molecule has 0 atom stereocenters. The molecule has 1 aliphatic carbocycles. The lowest BCUT2D eigenvalue weighted by atomic mass is 9.94. The average molecular weight is 234 g/mol. The Morgan fingerprint density at radius 3 is 2.59 bits per heavy atom. The van der Waals surface area contributed by atoms with Gasteiger partial charge in [0.1, 0.15) is 11.3 Å². The van der Waals surface area contributed by atoms with E-state index in [4.69, 9.17) is 4.74 Å². The number of aromatic hydroxyl groups is 1. The van der Waals surface area contributed by atoms with Crippen molar-refractivity contribution in [3.05, 3.63) is 28.3 Å². The molecule has 0 bridgehead atoms. The molecule has 0 saturated heterocycles. The third kappa shape index (κ3) is 2.14. The lowest BCUT2D eigenvalue weighted by Gasteiger charge is -2.14. The summed E-state index contributed by atoms with van der Waals surface area (Å²) in [5.41, 5.74) is 3.43. The van der Waals surface area contributed by atoms with Gasteiger partial charge in [-0.15, -0.1) is 0 Å². The summed E-state index contributed by atoms with van der Waals surface area (Å²) in [5.74, 6) is 0.178. The van der Waals surface area contributed by atoms with Crippen LogP contribution in [0.1, 0.15) is 52.7 Å². The Balaban J connectivity index is 2.46. The minimum Gasteiger partial charge on any atom is -0.507 e. The van der Waals surface area contributed by atoms with Crippen molar-refractivity contribution in [2.24, 2.45) is 0 Å². The van der Waals surface area contributed by atoms with Crippen molar-refractivity contribution in [3.8, 4) is 5.75 Å². The Morgan fingerprint density at radius 1 is 1.41 bits per heavy atom. The normalized spacial score (nSPS) is 14.8. The molecular weight excluding hydrogens is 216 g/mol. The Bertz CT molecular complexity index is 459. The predicted octanol–water partition coefficient (Wildman–Crippen LogP) is 3.06. The van der Waals surface area contributed by atoms with Crippen molar-refractivity contribution in [2.75, 3.05) is 6.61 Å². The van der Waals surface area contributed by atoms with Crippen LogP contribution in [0.5, 0.6) is 5.75 Å². The predicted molar refractivity (Wildman–Crippen MR) is 65.5 cm³/mol. The van der Waals surface area contributed by atoms with E-state index in [0.717, 1.165) is 11.1 Å². The first-order valence-electron chi connectivity index (χ1n) is 6.06. The first-order valence-corrected chi connectivity index (χ1v) is 6.06. The highest BCUT2D eigenvalue weighted by atomic mass is 16.5. The van der Waals surface area contributed by atoms with E-state index < -0.39 is 5.97 Å². The number of hydrogen-bond donors (Lipinski definition) is 1. The van der Waals surface area contributed by atoms with Crippen LogP contribution in [0.15, 0.2) is 6.07 Å². The first-order chi connectivity index (χ1) is 8.06. The van der Waals surface area contributed by atoms with E-state index in [-0.39, 0.29) is 5.75 Å². The maximum absolute atomic E-state index is 11.8. The number of hydrogen-bond acceptors (Lipinski definition) is 3. The van der Waals surface area contributed by atoms with Crippen LogP contribution in [0.4, 0.5) is 0 Å². The molecule has 0 amide bonds. The average Bonchev–Trinajstić information content (AvgIpc) is 3.07. The van der Waals surface area contributed by atoms with Crippen molar-refractivity contribution in [1.82, 2.24) is 0 Å². The van der Waals surface area contributed by atoms with Crippen LogP contribution in [-0.2, 0) is 4.74 Å². The third-order valence-corrected chi connectivity index (χ3v) is 3.42. The van der Waals surface area contributed by atoms with E-state index in [2.05, 4.69) is 0 Å². The minimum atomic E-state index is -0.437. The van der Waals surface area contributed by atoms with Gasteiger partial charge in [-0.25, -0.2) is 4.79 Å². The Morgan fingerprint density at radius 2 is 2.06 bits per heavy atom. The second kappa shape index (κ2) is 4.40. The molecule has 0 aliphatic heterocycles. The highest BCUT2D eigenvalue weighted by Crippen LogP contribution is 2.44. The van der Waals surface area contributed by atoms with Gasteiger partial charge in [-0.3, -0.25) is 0 Å². The second-order valence-electron chi connectivity index (χ2n) is 4.60. The molecule has 0 heterocycles. The molecule has 3 heteroatoms. The number of carbonyl (C=O) groups is 1. The van der Waals surface area contributed by atoms with Crippen molar-refractivity contribution >= 4 is 5.97 Å². The summed E-state index contributed by atoms with van der Waals surface area (Å²) in [4.78, 5) is 11.8. The van der Waals surface area contributed by atoms with Gasteiger partial charge in [-0.2, -0.15) is 0 Å². The molecule has 1 aromatic rings. The summed E-state index contributed by atoms with van der Waals surface area (Å²) >= 11 is 0. The number of rotatable bonds is 3. The lowest BCUT2D eigenvalue weighted by Crippen LogP contribution is -2.09. The van der Waals surface area contributed by atoms with Crippen LogP contribution >= 0.6 is 0 Å². The van der Waals surface area contributed by atoms with E-state index in [1.54, 1.807) is 13.0 Å². The van der Waals surface area contributed by atoms with Crippen molar-refractivity contribution < 1.29 is 14.6 Å². The Hall–Kier alpha value is -1.51. The highest BCUT2D eigenvalue weighted by molar-refractivity contribution is 5.94. The Kier molecular flexibility index (Phi) is 3.09. The van der Waals surface area contributed by atoms with E-state index in [1.165, 1.54) is 18.4 Å². The summed E-state index contributed by atoms with van der Waals surface area (Å²) in [6, 6.07) is 1.73. The zero-order valence-corrected chi connectivity index (χ0v) is 10.5. The lowest BCUT2D eigenvalue weighted by molar-refractivity contribution is 0.0522. The van der Waals surface area contributed by atoms with E-state index in [9.17, 15) is 9.90 Å². The first kappa shape index (κ1) is 12.0. The number of carbonyl (C=O) groups excluding carboxylic acids is 1. The zero-order chi connectivity index (χ0) is 12.6. The molecule has 3 nitrogen and oxygen atoms in total. The van der Waals surface area contributed by atoms with Gasteiger partial charge in [-0.05, 0) is 62.3 Å². The fourth-order valence-electron chi connectivity index (χ4n) is 2.20. The molecule has 0 aromatic heterocycles. The zero-order valence-electron chi connectivity index (χ0n) is 10.5. The van der Waals surface area contributed by atoms with Gasteiger partial charge >= 0.3 is 5.97 Å². The van der Waals surface area contributed by atoms with Crippen LogP contribution in [0, 0.1) is 13.8 Å². The third-order valence-electron chi connectivity index (χ3n) is 3.42. The molecule has 1 aliphatic rings. The number of ether oxygens (including phenoxy) is 1. The molecule has 92 valence electrons. The minimum absolute atomic E-state index is 0.0495. The molecule has 1 fully saturated rings. The molecule has 0 unspecified atom stereocenters. The summed E-state index contributed by atoms with van der Waals surface area (Å²) in [6.45, 7) is 5.95. The fourth-order valence-corrected chi connectivity index (χ4v) is 2.20. The van der Waals surface area contributed by atoms with Crippen molar-refractivity contribution in [3.63, 3.8) is 0 Å². The van der Waals surface area contributed by atoms with Gasteiger partial charge in [-0.1, -0.05) is 0 Å². The summed E-state index contributed by atoms with van der Waals surface area (Å²) < 4.78 is 4.96. The van der Waals surface area contributed by atoms with Gasteiger partial charge in [0.05, 0.1) is 6.61 Å². The molecule has 1 aromatic carbocycles. The summed E-state index contributed by atoms with van der Waals surface area (Å²) in [7, 11) is 0. The van der Waals surface area contributed by atoms with E-state index >= 15 is 0 Å². The molecule has 1 N–H and O–H groups in total. The number of phenols is 1. The van der Waals surface area contributed by atoms with Gasteiger partial charge in [0, 0.05) is 0 Å². The van der Waals surface area contributed by atoms with Crippen LogP contribution in [0.2, 0.25) is 0 Å². The maximum Gasteiger partial charge on any atom is 0.342 e.